The van der Waals surface area contributed by atoms with Gasteiger partial charge in [-0.3, -0.25) is 9.89 Å². The molecule has 178 valence electrons. The number of nitrogens with one attached hydrogen (secondary N) is 2. The van der Waals surface area contributed by atoms with Crippen molar-refractivity contribution in [2.45, 2.75) is 45.8 Å². The lowest BCUT2D eigenvalue weighted by Gasteiger charge is -2.31. The van der Waals surface area contributed by atoms with Crippen LogP contribution in [0.15, 0.2) is 34.6 Å². The number of benzene rings is 1. The van der Waals surface area contributed by atoms with Gasteiger partial charge in [-0.25, -0.2) is 9.37 Å². The van der Waals surface area contributed by atoms with Crippen LogP contribution in [0.1, 0.15) is 36.9 Å². The summed E-state index contributed by atoms with van der Waals surface area (Å²) >= 11 is 1.72. The van der Waals surface area contributed by atoms with Crippen molar-refractivity contribution in [3.63, 3.8) is 0 Å². The summed E-state index contributed by atoms with van der Waals surface area (Å²) in [6.45, 7) is 8.71. The van der Waals surface area contributed by atoms with Gasteiger partial charge in [0.1, 0.15) is 6.10 Å². The average molecular weight is 576 g/mol. The van der Waals surface area contributed by atoms with Gasteiger partial charge in [-0.2, -0.15) is 0 Å². The van der Waals surface area contributed by atoms with Crippen LogP contribution < -0.4 is 15.4 Å². The molecule has 1 aromatic heterocycles. The van der Waals surface area contributed by atoms with Crippen molar-refractivity contribution in [2.24, 2.45) is 10.9 Å². The minimum atomic E-state index is -0.334. The first-order valence-corrected chi connectivity index (χ1v) is 11.9. The summed E-state index contributed by atoms with van der Waals surface area (Å²) in [6, 6.07) is 6.52. The Hall–Kier alpha value is -1.46. The number of aromatic nitrogens is 1. The van der Waals surface area contributed by atoms with Crippen LogP contribution in [0.25, 0.3) is 0 Å². The molecule has 1 aliphatic heterocycles. The molecule has 0 aliphatic carbocycles. The van der Waals surface area contributed by atoms with Gasteiger partial charge >= 0.3 is 0 Å². The fourth-order valence-electron chi connectivity index (χ4n) is 3.72. The minimum absolute atomic E-state index is 0. The van der Waals surface area contributed by atoms with Crippen LogP contribution in [-0.2, 0) is 6.54 Å². The van der Waals surface area contributed by atoms with E-state index in [1.165, 1.54) is 24.6 Å². The maximum absolute atomic E-state index is 13.8. The van der Waals surface area contributed by atoms with E-state index in [2.05, 4.69) is 37.8 Å². The van der Waals surface area contributed by atoms with Crippen molar-refractivity contribution < 1.29 is 9.13 Å². The van der Waals surface area contributed by atoms with Gasteiger partial charge in [0.2, 0.25) is 0 Å². The summed E-state index contributed by atoms with van der Waals surface area (Å²) in [5, 5.41) is 10.1. The van der Waals surface area contributed by atoms with E-state index in [0.29, 0.717) is 18.2 Å². The Morgan fingerprint density at radius 2 is 2.06 bits per heavy atom. The molecule has 1 unspecified atom stereocenters. The molecule has 3 rings (SSSR count). The molecule has 1 fully saturated rings. The van der Waals surface area contributed by atoms with Gasteiger partial charge in [-0.1, -0.05) is 19.1 Å². The molecule has 0 spiro atoms. The average Bonchev–Trinajstić information content (AvgIpc) is 3.19. The van der Waals surface area contributed by atoms with Crippen molar-refractivity contribution in [3.05, 3.63) is 46.2 Å². The number of hydrogen-bond acceptors (Lipinski definition) is 5. The molecule has 2 N–H and O–H groups in total. The van der Waals surface area contributed by atoms with Crippen LogP contribution in [0.3, 0.4) is 0 Å². The number of hydrogen-bond donors (Lipinski definition) is 2. The van der Waals surface area contributed by atoms with E-state index in [9.17, 15) is 4.39 Å². The highest BCUT2D eigenvalue weighted by atomic mass is 127. The van der Waals surface area contributed by atoms with Gasteiger partial charge in [-0.05, 0) is 57.3 Å². The fraction of sp³-hybridized carbons (Fsp3) is 0.565. The second kappa shape index (κ2) is 13.9. The molecule has 0 amide bonds. The maximum Gasteiger partial charge on any atom is 0.191 e. The number of aliphatic imine (C=N–C) groups is 1. The Kier molecular flexibility index (Phi) is 11.7. The van der Waals surface area contributed by atoms with Gasteiger partial charge in [-0.15, -0.1) is 35.3 Å². The van der Waals surface area contributed by atoms with E-state index in [4.69, 9.17) is 4.74 Å². The zero-order chi connectivity index (χ0) is 22.1. The molecular formula is C23H35FIN5OS. The number of likely N-dealkylation sites (tertiary alicyclic amines) is 1. The molecule has 1 aliphatic rings. The highest BCUT2D eigenvalue weighted by Crippen LogP contribution is 2.20. The predicted octanol–water partition coefficient (Wildman–Crippen LogP) is 4.44. The lowest BCUT2D eigenvalue weighted by molar-refractivity contribution is 0.176. The van der Waals surface area contributed by atoms with Crippen LogP contribution in [-0.4, -0.2) is 55.2 Å². The lowest BCUT2D eigenvalue weighted by Crippen LogP contribution is -2.45. The van der Waals surface area contributed by atoms with E-state index in [1.807, 2.05) is 6.92 Å². The molecular weight excluding hydrogens is 540 g/mol. The van der Waals surface area contributed by atoms with Gasteiger partial charge in [0.05, 0.1) is 17.2 Å². The zero-order valence-corrected chi connectivity index (χ0v) is 22.3. The molecule has 0 saturated carbocycles. The van der Waals surface area contributed by atoms with Crippen molar-refractivity contribution in [3.8, 4) is 5.75 Å². The van der Waals surface area contributed by atoms with Crippen LogP contribution in [0.2, 0.25) is 0 Å². The summed E-state index contributed by atoms with van der Waals surface area (Å²) in [6.07, 6.45) is 2.98. The normalized spacial score (nSPS) is 16.3. The van der Waals surface area contributed by atoms with E-state index < -0.39 is 0 Å². The number of aryl methyl sites for hydroxylation is 1. The Balaban J connectivity index is 0.00000363. The van der Waals surface area contributed by atoms with E-state index >= 15 is 0 Å². The number of para-hydroxylation sites is 1. The number of halogens is 2. The Bertz CT molecular complexity index is 841. The number of guanidine groups is 1. The number of rotatable bonds is 9. The summed E-state index contributed by atoms with van der Waals surface area (Å²) in [5.74, 6) is 1.35. The molecule has 2 aromatic rings. The second-order valence-electron chi connectivity index (χ2n) is 7.99. The van der Waals surface area contributed by atoms with Gasteiger partial charge in [0.25, 0.3) is 0 Å². The van der Waals surface area contributed by atoms with E-state index in [-0.39, 0.29) is 35.9 Å². The largest absolute Gasteiger partial charge is 0.486 e. The number of nitrogens with zero attached hydrogens (tertiary/aromatic N) is 3. The summed E-state index contributed by atoms with van der Waals surface area (Å²) in [4.78, 5) is 11.4. The summed E-state index contributed by atoms with van der Waals surface area (Å²) < 4.78 is 19.7. The van der Waals surface area contributed by atoms with E-state index in [0.717, 1.165) is 43.6 Å². The molecule has 1 aromatic carbocycles. The highest BCUT2D eigenvalue weighted by molar-refractivity contribution is 14.0. The topological polar surface area (TPSA) is 61.8 Å². The molecule has 1 saturated heterocycles. The first kappa shape index (κ1) is 26.8. The quantitative estimate of drug-likeness (QED) is 0.263. The van der Waals surface area contributed by atoms with Gasteiger partial charge in [0.15, 0.2) is 17.5 Å². The third-order valence-electron chi connectivity index (χ3n) is 5.62. The van der Waals surface area contributed by atoms with Crippen LogP contribution in [0.4, 0.5) is 4.39 Å². The van der Waals surface area contributed by atoms with E-state index in [1.54, 1.807) is 36.6 Å². The number of thiazole rings is 1. The van der Waals surface area contributed by atoms with Crippen LogP contribution in [0, 0.1) is 18.7 Å². The molecule has 2 heterocycles. The van der Waals surface area contributed by atoms with Crippen LogP contribution in [0.5, 0.6) is 5.75 Å². The maximum atomic E-state index is 13.8. The molecule has 1 atom stereocenters. The Morgan fingerprint density at radius 1 is 1.31 bits per heavy atom. The monoisotopic (exact) mass is 575 g/mol. The molecule has 0 bridgehead atoms. The SMILES string of the molecule is CCC(CNC(=NC)NCC1CCN(Cc2csc(C)n2)CC1)Oc1ccccc1F.I. The number of ether oxygens (including phenoxy) is 1. The third-order valence-corrected chi connectivity index (χ3v) is 6.45. The van der Waals surface area contributed by atoms with Gasteiger partial charge < -0.3 is 15.4 Å². The standard InChI is InChI=1S/C23H34FN5OS.HI/c1-4-20(30-22-8-6-5-7-21(22)24)14-27-23(25-3)26-13-18-9-11-29(12-10-18)15-19-16-31-17(2)28-19;/h5-8,16,18,20H,4,9-15H2,1-3H3,(H2,25,26,27);1H. The molecule has 6 nitrogen and oxygen atoms in total. The first-order valence-electron chi connectivity index (χ1n) is 11.1. The predicted molar refractivity (Wildman–Crippen MR) is 141 cm³/mol. The Morgan fingerprint density at radius 3 is 2.69 bits per heavy atom. The van der Waals surface area contributed by atoms with Crippen molar-refractivity contribution >= 4 is 41.3 Å². The molecule has 32 heavy (non-hydrogen) atoms. The van der Waals surface area contributed by atoms with Crippen molar-refractivity contribution in [1.82, 2.24) is 20.5 Å². The third kappa shape index (κ3) is 8.47. The second-order valence-corrected chi connectivity index (χ2v) is 9.05. The smallest absolute Gasteiger partial charge is 0.191 e. The Labute approximate surface area is 212 Å². The zero-order valence-electron chi connectivity index (χ0n) is 19.1. The van der Waals surface area contributed by atoms with Crippen molar-refractivity contribution in [1.29, 1.82) is 0 Å². The lowest BCUT2D eigenvalue weighted by atomic mass is 9.97. The summed E-state index contributed by atoms with van der Waals surface area (Å²) in [5.41, 5.74) is 1.19. The fourth-order valence-corrected chi connectivity index (χ4v) is 4.32. The van der Waals surface area contributed by atoms with Gasteiger partial charge in [0, 0.05) is 25.5 Å². The minimum Gasteiger partial charge on any atom is -0.486 e. The summed E-state index contributed by atoms with van der Waals surface area (Å²) in [7, 11) is 1.77. The number of piperidine rings is 1. The van der Waals surface area contributed by atoms with Crippen LogP contribution >= 0.6 is 35.3 Å². The highest BCUT2D eigenvalue weighted by Gasteiger charge is 2.20. The first-order chi connectivity index (χ1) is 15.1. The molecule has 9 heteroatoms. The van der Waals surface area contributed by atoms with Crippen molar-refractivity contribution in [2.75, 3.05) is 33.2 Å². The molecule has 0 radical (unpaired) electrons.